The van der Waals surface area contributed by atoms with E-state index in [4.69, 9.17) is 16.0 Å². The molecule has 0 aliphatic rings. The number of anilines is 1. The number of sulfonamides is 1. The highest BCUT2D eigenvalue weighted by atomic mass is 35.5. The fraction of sp³-hybridized carbons (Fsp3) is 0.250. The first-order chi connectivity index (χ1) is 13.1. The standard InChI is InChI=1S/C20H21ClN2O4S/c1-12-5-6-15(9-19(12)28(25,26)23(3)4)22-11-14-8-20(24)27-18-7-13(2)17(21)10-16(14)18/h5-10,22H,11H2,1-4H3. The van der Waals surface area contributed by atoms with E-state index in [-0.39, 0.29) is 4.90 Å². The van der Waals surface area contributed by atoms with E-state index in [9.17, 15) is 13.2 Å². The summed E-state index contributed by atoms with van der Waals surface area (Å²) in [5.41, 5.74) is 2.83. The van der Waals surface area contributed by atoms with Gasteiger partial charge in [0.15, 0.2) is 0 Å². The van der Waals surface area contributed by atoms with Crippen molar-refractivity contribution in [3.8, 4) is 0 Å². The summed E-state index contributed by atoms with van der Waals surface area (Å²) >= 11 is 6.22. The van der Waals surface area contributed by atoms with E-state index in [0.717, 1.165) is 10.9 Å². The van der Waals surface area contributed by atoms with E-state index in [2.05, 4.69) is 5.32 Å². The lowest BCUT2D eigenvalue weighted by molar-refractivity contribution is 0.520. The third-order valence-electron chi connectivity index (χ3n) is 4.54. The second-order valence-corrected chi connectivity index (χ2v) is 9.34. The summed E-state index contributed by atoms with van der Waals surface area (Å²) in [5, 5.41) is 4.50. The molecular weight excluding hydrogens is 400 g/mol. The fourth-order valence-corrected chi connectivity index (χ4v) is 4.18. The molecule has 28 heavy (non-hydrogen) atoms. The maximum atomic E-state index is 12.5. The van der Waals surface area contributed by atoms with E-state index in [1.807, 2.05) is 6.92 Å². The van der Waals surface area contributed by atoms with Gasteiger partial charge in [-0.2, -0.15) is 0 Å². The monoisotopic (exact) mass is 420 g/mol. The van der Waals surface area contributed by atoms with Crippen molar-refractivity contribution in [1.29, 1.82) is 0 Å². The molecule has 0 unspecified atom stereocenters. The smallest absolute Gasteiger partial charge is 0.336 e. The minimum atomic E-state index is -3.55. The third kappa shape index (κ3) is 3.92. The summed E-state index contributed by atoms with van der Waals surface area (Å²) in [5.74, 6) is 0. The molecule has 0 fully saturated rings. The second kappa shape index (κ2) is 7.58. The maximum Gasteiger partial charge on any atom is 0.336 e. The first-order valence-electron chi connectivity index (χ1n) is 8.59. The summed E-state index contributed by atoms with van der Waals surface area (Å²) in [6, 6.07) is 10.0. The van der Waals surface area contributed by atoms with Gasteiger partial charge in [-0.25, -0.2) is 17.5 Å². The maximum absolute atomic E-state index is 12.5. The zero-order valence-electron chi connectivity index (χ0n) is 16.0. The van der Waals surface area contributed by atoms with Gasteiger partial charge in [-0.05, 0) is 54.8 Å². The third-order valence-corrected chi connectivity index (χ3v) is 6.90. The minimum absolute atomic E-state index is 0.235. The van der Waals surface area contributed by atoms with Crippen LogP contribution in [-0.2, 0) is 16.6 Å². The lowest BCUT2D eigenvalue weighted by Crippen LogP contribution is -2.23. The number of halogens is 1. The molecule has 1 N–H and O–H groups in total. The van der Waals surface area contributed by atoms with Gasteiger partial charge < -0.3 is 9.73 Å². The largest absolute Gasteiger partial charge is 0.423 e. The van der Waals surface area contributed by atoms with Crippen LogP contribution in [0.25, 0.3) is 11.0 Å². The van der Waals surface area contributed by atoms with Gasteiger partial charge in [0.2, 0.25) is 10.0 Å². The molecule has 148 valence electrons. The van der Waals surface area contributed by atoms with Crippen LogP contribution in [0.2, 0.25) is 5.02 Å². The van der Waals surface area contributed by atoms with E-state index in [0.29, 0.717) is 34.0 Å². The van der Waals surface area contributed by atoms with Crippen LogP contribution < -0.4 is 10.9 Å². The van der Waals surface area contributed by atoms with Crippen LogP contribution in [0.15, 0.2) is 50.5 Å². The van der Waals surface area contributed by atoms with Crippen molar-refractivity contribution >= 4 is 38.3 Å². The predicted octanol–water partition coefficient (Wildman–Crippen LogP) is 3.93. The highest BCUT2D eigenvalue weighted by Gasteiger charge is 2.20. The van der Waals surface area contributed by atoms with Gasteiger partial charge in [-0.1, -0.05) is 17.7 Å². The molecule has 0 spiro atoms. The van der Waals surface area contributed by atoms with Gasteiger partial charge in [-0.15, -0.1) is 0 Å². The molecule has 3 aromatic rings. The highest BCUT2D eigenvalue weighted by Crippen LogP contribution is 2.27. The molecule has 0 saturated carbocycles. The number of fused-ring (bicyclic) bond motifs is 1. The van der Waals surface area contributed by atoms with Gasteiger partial charge in [-0.3, -0.25) is 0 Å². The van der Waals surface area contributed by atoms with Gasteiger partial charge >= 0.3 is 5.63 Å². The summed E-state index contributed by atoms with van der Waals surface area (Å²) in [7, 11) is -0.562. The van der Waals surface area contributed by atoms with Crippen molar-refractivity contribution in [3.63, 3.8) is 0 Å². The van der Waals surface area contributed by atoms with Crippen LogP contribution >= 0.6 is 11.6 Å². The fourth-order valence-electron chi connectivity index (χ4n) is 2.88. The summed E-state index contributed by atoms with van der Waals surface area (Å²) < 4.78 is 31.4. The highest BCUT2D eigenvalue weighted by molar-refractivity contribution is 7.89. The average Bonchev–Trinajstić information content (AvgIpc) is 2.62. The zero-order valence-corrected chi connectivity index (χ0v) is 17.6. The first-order valence-corrected chi connectivity index (χ1v) is 10.4. The van der Waals surface area contributed by atoms with E-state index >= 15 is 0 Å². The Kier molecular flexibility index (Phi) is 5.52. The molecule has 0 amide bonds. The van der Waals surface area contributed by atoms with E-state index in [1.165, 1.54) is 24.5 Å². The van der Waals surface area contributed by atoms with Crippen molar-refractivity contribution in [2.45, 2.75) is 25.3 Å². The Morgan fingerprint density at radius 3 is 2.46 bits per heavy atom. The molecule has 0 aliphatic heterocycles. The normalized spacial score (nSPS) is 11.9. The Balaban J connectivity index is 1.97. The Bertz CT molecular complexity index is 1220. The van der Waals surface area contributed by atoms with Gasteiger partial charge in [0, 0.05) is 42.8 Å². The molecule has 0 saturated heterocycles. The quantitative estimate of drug-likeness (QED) is 0.632. The van der Waals surface area contributed by atoms with Gasteiger partial charge in [0.05, 0.1) is 4.90 Å². The van der Waals surface area contributed by atoms with E-state index < -0.39 is 15.6 Å². The molecular formula is C20H21ClN2O4S. The molecule has 0 bridgehead atoms. The molecule has 0 radical (unpaired) electrons. The van der Waals surface area contributed by atoms with Crippen LogP contribution in [0.5, 0.6) is 0 Å². The van der Waals surface area contributed by atoms with Crippen molar-refractivity contribution in [2.24, 2.45) is 0 Å². The molecule has 0 aliphatic carbocycles. The number of hydrogen-bond acceptors (Lipinski definition) is 5. The second-order valence-electron chi connectivity index (χ2n) is 6.81. The summed E-state index contributed by atoms with van der Waals surface area (Å²) in [6.07, 6.45) is 0. The predicted molar refractivity (Wildman–Crippen MR) is 112 cm³/mol. The van der Waals surface area contributed by atoms with Crippen molar-refractivity contribution < 1.29 is 12.8 Å². The Hall–Kier alpha value is -2.35. The number of nitrogens with zero attached hydrogens (tertiary/aromatic N) is 1. The summed E-state index contributed by atoms with van der Waals surface area (Å²) in [4.78, 5) is 12.1. The van der Waals surface area contributed by atoms with Crippen molar-refractivity contribution in [1.82, 2.24) is 4.31 Å². The first kappa shape index (κ1) is 20.4. The number of benzene rings is 2. The SMILES string of the molecule is Cc1cc2oc(=O)cc(CNc3ccc(C)c(S(=O)(=O)N(C)C)c3)c2cc1Cl. The van der Waals surface area contributed by atoms with Crippen LogP contribution in [0, 0.1) is 13.8 Å². The molecule has 6 nitrogen and oxygen atoms in total. The molecule has 0 atom stereocenters. The molecule has 1 aromatic heterocycles. The van der Waals surface area contributed by atoms with Crippen LogP contribution in [0.3, 0.4) is 0 Å². The molecule has 1 heterocycles. The van der Waals surface area contributed by atoms with Crippen LogP contribution in [0.1, 0.15) is 16.7 Å². The van der Waals surface area contributed by atoms with E-state index in [1.54, 1.807) is 37.3 Å². The van der Waals surface area contributed by atoms with Crippen molar-refractivity contribution in [2.75, 3.05) is 19.4 Å². The van der Waals surface area contributed by atoms with Crippen molar-refractivity contribution in [3.05, 3.63) is 68.5 Å². The zero-order chi connectivity index (χ0) is 20.6. The van der Waals surface area contributed by atoms with Crippen LogP contribution in [0.4, 0.5) is 5.69 Å². The lowest BCUT2D eigenvalue weighted by Gasteiger charge is -2.16. The van der Waals surface area contributed by atoms with Gasteiger partial charge in [0.25, 0.3) is 0 Å². The molecule has 3 rings (SSSR count). The number of hydrogen-bond donors (Lipinski definition) is 1. The minimum Gasteiger partial charge on any atom is -0.423 e. The molecule has 8 heteroatoms. The Labute approximate surface area is 168 Å². The number of nitrogens with one attached hydrogen (secondary N) is 1. The Morgan fingerprint density at radius 2 is 1.79 bits per heavy atom. The Morgan fingerprint density at radius 1 is 1.07 bits per heavy atom. The number of aryl methyl sites for hydroxylation is 2. The van der Waals surface area contributed by atoms with Crippen LogP contribution in [-0.4, -0.2) is 26.8 Å². The summed E-state index contributed by atoms with van der Waals surface area (Å²) in [6.45, 7) is 3.90. The topological polar surface area (TPSA) is 79.6 Å². The average molecular weight is 421 g/mol. The lowest BCUT2D eigenvalue weighted by atomic mass is 10.1. The van der Waals surface area contributed by atoms with Gasteiger partial charge in [0.1, 0.15) is 5.58 Å². The molecule has 2 aromatic carbocycles. The number of rotatable bonds is 5.